The zero-order chi connectivity index (χ0) is 6.97. The Morgan fingerprint density at radius 1 is 1.40 bits per heavy atom. The van der Waals surface area contributed by atoms with E-state index in [2.05, 4.69) is 6.07 Å². The lowest BCUT2D eigenvalue weighted by atomic mass is 10.2. The number of furan rings is 1. The number of fused-ring (bicyclic) bond motifs is 1. The lowest BCUT2D eigenvalue weighted by Crippen LogP contribution is -1.63. The molecule has 1 heterocycles. The minimum absolute atomic E-state index is 0.241. The number of phenolic OH excluding ortho intramolecular Hbond substituents is 1. The molecule has 0 aliphatic rings. The molecular formula is C8H5O2. The summed E-state index contributed by atoms with van der Waals surface area (Å²) in [5, 5.41) is 9.79. The van der Waals surface area contributed by atoms with E-state index in [1.54, 1.807) is 18.2 Å². The van der Waals surface area contributed by atoms with Gasteiger partial charge in [-0.3, -0.25) is 0 Å². The maximum atomic E-state index is 8.99. The molecular weight excluding hydrogens is 128 g/mol. The van der Waals surface area contributed by atoms with Gasteiger partial charge in [0.15, 0.2) is 0 Å². The Bertz CT molecular complexity index is 349. The highest BCUT2D eigenvalue weighted by atomic mass is 16.3. The van der Waals surface area contributed by atoms with Crippen molar-refractivity contribution in [2.24, 2.45) is 0 Å². The summed E-state index contributed by atoms with van der Waals surface area (Å²) in [5.41, 5.74) is 0.748. The third-order valence-electron chi connectivity index (χ3n) is 1.36. The van der Waals surface area contributed by atoms with Crippen LogP contribution in [0.4, 0.5) is 0 Å². The van der Waals surface area contributed by atoms with Crippen LogP contribution >= 0.6 is 0 Å². The van der Waals surface area contributed by atoms with Gasteiger partial charge in [0.2, 0.25) is 0 Å². The third-order valence-corrected chi connectivity index (χ3v) is 1.36. The second-order valence-corrected chi connectivity index (χ2v) is 2.06. The van der Waals surface area contributed by atoms with Gasteiger partial charge in [-0.05, 0) is 18.2 Å². The zero-order valence-corrected chi connectivity index (χ0v) is 5.16. The Balaban J connectivity index is 2.86. The standard InChI is InChI=1S/C8H5O2/c9-7-1-2-8-6(5-7)3-4-10-8/h1-2,4-5,9H. The van der Waals surface area contributed by atoms with Gasteiger partial charge in [0.05, 0.1) is 6.26 Å². The van der Waals surface area contributed by atoms with Crippen molar-refractivity contribution in [3.63, 3.8) is 0 Å². The van der Waals surface area contributed by atoms with Crippen LogP contribution in [-0.2, 0) is 0 Å². The van der Waals surface area contributed by atoms with Crippen LogP contribution < -0.4 is 0 Å². The van der Waals surface area contributed by atoms with E-state index < -0.39 is 0 Å². The van der Waals surface area contributed by atoms with Gasteiger partial charge in [-0.1, -0.05) is 0 Å². The van der Waals surface area contributed by atoms with E-state index in [0.717, 1.165) is 11.0 Å². The number of phenols is 1. The summed E-state index contributed by atoms with van der Waals surface area (Å²) < 4.78 is 5.01. The van der Waals surface area contributed by atoms with Crippen LogP contribution in [-0.4, -0.2) is 5.11 Å². The summed E-state index contributed by atoms with van der Waals surface area (Å²) in [7, 11) is 0. The van der Waals surface area contributed by atoms with Gasteiger partial charge in [0, 0.05) is 11.5 Å². The summed E-state index contributed by atoms with van der Waals surface area (Å²) in [5.74, 6) is 0.241. The first-order valence-corrected chi connectivity index (χ1v) is 2.94. The minimum Gasteiger partial charge on any atom is -0.508 e. The van der Waals surface area contributed by atoms with Crippen LogP contribution in [0.3, 0.4) is 0 Å². The highest BCUT2D eigenvalue weighted by Gasteiger charge is 1.95. The van der Waals surface area contributed by atoms with Gasteiger partial charge in [-0.25, -0.2) is 0 Å². The zero-order valence-electron chi connectivity index (χ0n) is 5.16. The number of benzene rings is 1. The molecule has 1 aromatic heterocycles. The molecule has 0 fully saturated rings. The van der Waals surface area contributed by atoms with Crippen LogP contribution in [0.25, 0.3) is 11.0 Å². The normalized spacial score (nSPS) is 10.4. The molecule has 2 heteroatoms. The van der Waals surface area contributed by atoms with Crippen molar-refractivity contribution in [3.8, 4) is 5.75 Å². The van der Waals surface area contributed by atoms with E-state index in [1.165, 1.54) is 6.26 Å². The lowest BCUT2D eigenvalue weighted by Gasteiger charge is -1.88. The maximum Gasteiger partial charge on any atom is 0.134 e. The molecule has 2 aromatic rings. The molecule has 0 amide bonds. The second-order valence-electron chi connectivity index (χ2n) is 2.06. The molecule has 0 bridgehead atoms. The van der Waals surface area contributed by atoms with E-state index >= 15 is 0 Å². The van der Waals surface area contributed by atoms with Crippen LogP contribution in [0, 0.1) is 6.07 Å². The van der Waals surface area contributed by atoms with E-state index in [1.807, 2.05) is 0 Å². The Morgan fingerprint density at radius 2 is 2.30 bits per heavy atom. The molecule has 2 nitrogen and oxygen atoms in total. The van der Waals surface area contributed by atoms with E-state index in [-0.39, 0.29) is 5.75 Å². The highest BCUT2D eigenvalue weighted by Crippen LogP contribution is 2.19. The SMILES string of the molecule is Oc1ccc2oc[c]c2c1. The Kier molecular flexibility index (Phi) is 0.947. The molecule has 1 radical (unpaired) electrons. The van der Waals surface area contributed by atoms with Gasteiger partial charge in [0.1, 0.15) is 11.3 Å². The number of hydrogen-bond acceptors (Lipinski definition) is 2. The number of hydrogen-bond donors (Lipinski definition) is 1. The minimum atomic E-state index is 0.241. The fraction of sp³-hybridized carbons (Fsp3) is 0. The first kappa shape index (κ1) is 5.35. The quantitative estimate of drug-likeness (QED) is 0.595. The molecule has 0 spiro atoms. The maximum absolute atomic E-state index is 8.99. The molecule has 0 atom stereocenters. The van der Waals surface area contributed by atoms with Gasteiger partial charge < -0.3 is 9.52 Å². The summed E-state index contributed by atoms with van der Waals surface area (Å²) in [6.45, 7) is 0. The van der Waals surface area contributed by atoms with Gasteiger partial charge in [-0.15, -0.1) is 0 Å². The van der Waals surface area contributed by atoms with Crippen LogP contribution in [0.1, 0.15) is 0 Å². The fourth-order valence-electron chi connectivity index (χ4n) is 0.890. The monoisotopic (exact) mass is 133 g/mol. The van der Waals surface area contributed by atoms with E-state index in [0.29, 0.717) is 0 Å². The predicted octanol–water partition coefficient (Wildman–Crippen LogP) is 1.94. The molecule has 0 saturated carbocycles. The summed E-state index contributed by atoms with van der Waals surface area (Å²) >= 11 is 0. The van der Waals surface area contributed by atoms with Crippen molar-refractivity contribution in [3.05, 3.63) is 30.5 Å². The smallest absolute Gasteiger partial charge is 0.134 e. The number of rotatable bonds is 0. The molecule has 2 rings (SSSR count). The second kappa shape index (κ2) is 1.77. The fourth-order valence-corrected chi connectivity index (χ4v) is 0.890. The first-order chi connectivity index (χ1) is 4.86. The van der Waals surface area contributed by atoms with Crippen molar-refractivity contribution in [2.45, 2.75) is 0 Å². The molecule has 1 aromatic carbocycles. The third kappa shape index (κ3) is 0.658. The molecule has 10 heavy (non-hydrogen) atoms. The van der Waals surface area contributed by atoms with E-state index in [4.69, 9.17) is 9.52 Å². The Labute approximate surface area is 57.7 Å². The van der Waals surface area contributed by atoms with Crippen molar-refractivity contribution in [1.82, 2.24) is 0 Å². The van der Waals surface area contributed by atoms with Crippen LogP contribution in [0.2, 0.25) is 0 Å². The summed E-state index contributed by atoms with van der Waals surface area (Å²) in [6, 6.07) is 7.74. The summed E-state index contributed by atoms with van der Waals surface area (Å²) in [6.07, 6.45) is 1.48. The molecule has 0 aliphatic heterocycles. The molecule has 1 N–H and O–H groups in total. The van der Waals surface area contributed by atoms with Gasteiger partial charge in [-0.2, -0.15) is 0 Å². The summed E-state index contributed by atoms with van der Waals surface area (Å²) in [4.78, 5) is 0. The predicted molar refractivity (Wildman–Crippen MR) is 36.7 cm³/mol. The Hall–Kier alpha value is -1.44. The molecule has 0 aliphatic carbocycles. The number of aromatic hydroxyl groups is 1. The highest BCUT2D eigenvalue weighted by molar-refractivity contribution is 5.77. The molecule has 49 valence electrons. The van der Waals surface area contributed by atoms with Crippen LogP contribution in [0.5, 0.6) is 5.75 Å². The average Bonchev–Trinajstić information content (AvgIpc) is 2.33. The lowest BCUT2D eigenvalue weighted by molar-refractivity contribution is 0.476. The van der Waals surface area contributed by atoms with Gasteiger partial charge >= 0.3 is 0 Å². The van der Waals surface area contributed by atoms with Crippen LogP contribution in [0.15, 0.2) is 28.9 Å². The largest absolute Gasteiger partial charge is 0.508 e. The van der Waals surface area contributed by atoms with Crippen molar-refractivity contribution in [2.75, 3.05) is 0 Å². The topological polar surface area (TPSA) is 33.4 Å². The average molecular weight is 133 g/mol. The Morgan fingerprint density at radius 3 is 3.20 bits per heavy atom. The molecule has 0 saturated heterocycles. The van der Waals surface area contributed by atoms with Crippen molar-refractivity contribution >= 4 is 11.0 Å². The first-order valence-electron chi connectivity index (χ1n) is 2.94. The van der Waals surface area contributed by atoms with Crippen molar-refractivity contribution in [1.29, 1.82) is 0 Å². The van der Waals surface area contributed by atoms with Gasteiger partial charge in [0.25, 0.3) is 0 Å². The van der Waals surface area contributed by atoms with Crippen molar-refractivity contribution < 1.29 is 9.52 Å². The molecule has 0 unspecified atom stereocenters. The van der Waals surface area contributed by atoms with E-state index in [9.17, 15) is 0 Å².